The van der Waals surface area contributed by atoms with Crippen molar-refractivity contribution in [1.82, 2.24) is 0 Å². The van der Waals surface area contributed by atoms with E-state index in [1.165, 1.54) is 0 Å². The van der Waals surface area contributed by atoms with E-state index in [0.29, 0.717) is 18.9 Å². The van der Waals surface area contributed by atoms with Gasteiger partial charge in [0, 0.05) is 6.42 Å². The maximum absolute atomic E-state index is 11.9. The van der Waals surface area contributed by atoms with Gasteiger partial charge in [-0.15, -0.1) is 0 Å². The second-order valence-electron chi connectivity index (χ2n) is 5.70. The normalized spacial score (nSPS) is 14.3. The van der Waals surface area contributed by atoms with Crippen LogP contribution in [0.15, 0.2) is 42.5 Å². The molecule has 0 heterocycles. The summed E-state index contributed by atoms with van der Waals surface area (Å²) in [5.41, 5.74) is 4.20. The van der Waals surface area contributed by atoms with Crippen LogP contribution in [0.4, 0.5) is 0 Å². The summed E-state index contributed by atoms with van der Waals surface area (Å²) in [5, 5.41) is 0. The van der Waals surface area contributed by atoms with E-state index in [1.807, 2.05) is 30.3 Å². The second kappa shape index (κ2) is 5.72. The SMILES string of the molecule is CCC(C)c1ccc2c(c1OCc1ccccc1)C(=O)C2. The van der Waals surface area contributed by atoms with Crippen molar-refractivity contribution >= 4 is 5.78 Å². The van der Waals surface area contributed by atoms with Crippen LogP contribution in [0, 0.1) is 0 Å². The standard InChI is InChI=1S/C19H20O2/c1-3-13(2)16-10-9-15-11-17(20)18(15)19(16)21-12-14-7-5-4-6-8-14/h4-10,13H,3,11-12H2,1-2H3. The van der Waals surface area contributed by atoms with Crippen molar-refractivity contribution in [2.24, 2.45) is 0 Å². The Kier molecular flexibility index (Phi) is 3.78. The predicted molar refractivity (Wildman–Crippen MR) is 84.0 cm³/mol. The molecule has 0 aliphatic heterocycles. The van der Waals surface area contributed by atoms with Gasteiger partial charge in [-0.25, -0.2) is 0 Å². The minimum absolute atomic E-state index is 0.207. The number of hydrogen-bond acceptors (Lipinski definition) is 2. The fourth-order valence-electron chi connectivity index (χ4n) is 2.74. The van der Waals surface area contributed by atoms with Gasteiger partial charge in [-0.1, -0.05) is 56.3 Å². The number of ether oxygens (including phenoxy) is 1. The van der Waals surface area contributed by atoms with Gasteiger partial charge in [-0.3, -0.25) is 4.79 Å². The Balaban J connectivity index is 1.92. The Bertz CT molecular complexity index is 659. The van der Waals surface area contributed by atoms with E-state index in [-0.39, 0.29) is 5.78 Å². The molecule has 2 nitrogen and oxygen atoms in total. The minimum atomic E-state index is 0.207. The molecular formula is C19H20O2. The molecule has 21 heavy (non-hydrogen) atoms. The lowest BCUT2D eigenvalue weighted by atomic mass is 9.82. The molecule has 0 bridgehead atoms. The Morgan fingerprint density at radius 2 is 1.90 bits per heavy atom. The van der Waals surface area contributed by atoms with Crippen LogP contribution in [0.25, 0.3) is 0 Å². The van der Waals surface area contributed by atoms with Crippen LogP contribution in [0.2, 0.25) is 0 Å². The molecule has 0 amide bonds. The molecule has 0 spiro atoms. The summed E-state index contributed by atoms with van der Waals surface area (Å²) < 4.78 is 6.06. The summed E-state index contributed by atoms with van der Waals surface area (Å²) >= 11 is 0. The van der Waals surface area contributed by atoms with E-state index in [1.54, 1.807) is 0 Å². The number of fused-ring (bicyclic) bond motifs is 1. The number of benzene rings is 2. The zero-order valence-electron chi connectivity index (χ0n) is 12.6. The highest BCUT2D eigenvalue weighted by Gasteiger charge is 2.30. The Labute approximate surface area is 125 Å². The molecule has 0 saturated carbocycles. The summed E-state index contributed by atoms with van der Waals surface area (Å²) in [6.07, 6.45) is 1.59. The molecule has 2 heteroatoms. The summed E-state index contributed by atoms with van der Waals surface area (Å²) in [5.74, 6) is 1.41. The minimum Gasteiger partial charge on any atom is -0.488 e. The summed E-state index contributed by atoms with van der Waals surface area (Å²) in [4.78, 5) is 11.9. The molecule has 108 valence electrons. The molecule has 0 aromatic heterocycles. The van der Waals surface area contributed by atoms with Gasteiger partial charge in [0.25, 0.3) is 0 Å². The fourth-order valence-corrected chi connectivity index (χ4v) is 2.74. The monoisotopic (exact) mass is 280 g/mol. The molecule has 1 aliphatic rings. The Morgan fingerprint density at radius 1 is 1.14 bits per heavy atom. The molecule has 2 aromatic rings. The average molecular weight is 280 g/mol. The molecule has 0 radical (unpaired) electrons. The number of carbonyl (C=O) groups excluding carboxylic acids is 1. The van der Waals surface area contributed by atoms with Crippen molar-refractivity contribution in [2.45, 2.75) is 39.2 Å². The first-order chi connectivity index (χ1) is 10.2. The maximum Gasteiger partial charge on any atom is 0.171 e. The molecule has 1 unspecified atom stereocenters. The Morgan fingerprint density at radius 3 is 2.57 bits per heavy atom. The molecule has 1 aliphatic carbocycles. The number of rotatable bonds is 5. The van der Waals surface area contributed by atoms with Crippen molar-refractivity contribution in [3.63, 3.8) is 0 Å². The summed E-state index contributed by atoms with van der Waals surface area (Å²) in [6.45, 7) is 4.85. The predicted octanol–water partition coefficient (Wildman–Crippen LogP) is 4.52. The molecule has 0 saturated heterocycles. The van der Waals surface area contributed by atoms with Gasteiger partial charge in [0.2, 0.25) is 0 Å². The molecular weight excluding hydrogens is 260 g/mol. The highest BCUT2D eigenvalue weighted by molar-refractivity contribution is 6.09. The first kappa shape index (κ1) is 13.9. The van der Waals surface area contributed by atoms with Crippen molar-refractivity contribution in [2.75, 3.05) is 0 Å². The van der Waals surface area contributed by atoms with E-state index in [2.05, 4.69) is 26.0 Å². The van der Waals surface area contributed by atoms with E-state index in [9.17, 15) is 4.79 Å². The lowest BCUT2D eigenvalue weighted by Gasteiger charge is -2.25. The number of Topliss-reactive ketones (excluding diaryl/α,β-unsaturated/α-hetero) is 1. The van der Waals surface area contributed by atoms with Crippen LogP contribution >= 0.6 is 0 Å². The van der Waals surface area contributed by atoms with E-state index < -0.39 is 0 Å². The van der Waals surface area contributed by atoms with Gasteiger partial charge in [-0.05, 0) is 29.0 Å². The number of carbonyl (C=O) groups is 1. The van der Waals surface area contributed by atoms with E-state index >= 15 is 0 Å². The zero-order valence-corrected chi connectivity index (χ0v) is 12.6. The van der Waals surface area contributed by atoms with Crippen molar-refractivity contribution in [1.29, 1.82) is 0 Å². The van der Waals surface area contributed by atoms with Crippen LogP contribution < -0.4 is 4.74 Å². The van der Waals surface area contributed by atoms with Crippen LogP contribution in [-0.4, -0.2) is 5.78 Å². The van der Waals surface area contributed by atoms with Gasteiger partial charge in [0.1, 0.15) is 12.4 Å². The first-order valence-electron chi connectivity index (χ1n) is 7.56. The van der Waals surface area contributed by atoms with Crippen molar-refractivity contribution < 1.29 is 9.53 Å². The maximum atomic E-state index is 11.9. The largest absolute Gasteiger partial charge is 0.488 e. The fraction of sp³-hybridized carbons (Fsp3) is 0.316. The Hall–Kier alpha value is -2.09. The van der Waals surface area contributed by atoms with Crippen molar-refractivity contribution in [3.05, 3.63) is 64.7 Å². The third-order valence-electron chi connectivity index (χ3n) is 4.27. The van der Waals surface area contributed by atoms with Crippen LogP contribution in [0.1, 0.15) is 53.2 Å². The lowest BCUT2D eigenvalue weighted by Crippen LogP contribution is -2.21. The third-order valence-corrected chi connectivity index (χ3v) is 4.27. The van der Waals surface area contributed by atoms with Gasteiger partial charge in [0.15, 0.2) is 5.78 Å². The molecule has 0 N–H and O–H groups in total. The molecule has 0 fully saturated rings. The number of ketones is 1. The average Bonchev–Trinajstić information content (AvgIpc) is 2.51. The van der Waals surface area contributed by atoms with Gasteiger partial charge in [-0.2, -0.15) is 0 Å². The van der Waals surface area contributed by atoms with Gasteiger partial charge >= 0.3 is 0 Å². The lowest BCUT2D eigenvalue weighted by molar-refractivity contribution is 0.0961. The number of hydrogen-bond donors (Lipinski definition) is 0. The summed E-state index contributed by atoms with van der Waals surface area (Å²) in [6, 6.07) is 14.3. The second-order valence-corrected chi connectivity index (χ2v) is 5.70. The van der Waals surface area contributed by atoms with Crippen LogP contribution in [0.5, 0.6) is 5.75 Å². The van der Waals surface area contributed by atoms with E-state index in [4.69, 9.17) is 4.74 Å². The quantitative estimate of drug-likeness (QED) is 0.805. The van der Waals surface area contributed by atoms with Gasteiger partial charge in [0.05, 0.1) is 5.56 Å². The van der Waals surface area contributed by atoms with Crippen molar-refractivity contribution in [3.8, 4) is 5.75 Å². The highest BCUT2D eigenvalue weighted by Crippen LogP contribution is 2.39. The van der Waals surface area contributed by atoms with Crippen LogP contribution in [0.3, 0.4) is 0 Å². The van der Waals surface area contributed by atoms with E-state index in [0.717, 1.165) is 34.4 Å². The zero-order chi connectivity index (χ0) is 14.8. The van der Waals surface area contributed by atoms with Gasteiger partial charge < -0.3 is 4.74 Å². The molecule has 2 aromatic carbocycles. The molecule has 3 rings (SSSR count). The summed E-state index contributed by atoms with van der Waals surface area (Å²) in [7, 11) is 0. The topological polar surface area (TPSA) is 26.3 Å². The third kappa shape index (κ3) is 2.58. The smallest absolute Gasteiger partial charge is 0.171 e. The molecule has 1 atom stereocenters. The highest BCUT2D eigenvalue weighted by atomic mass is 16.5. The van der Waals surface area contributed by atoms with Crippen LogP contribution in [-0.2, 0) is 13.0 Å². The first-order valence-corrected chi connectivity index (χ1v) is 7.56.